The van der Waals surface area contributed by atoms with Gasteiger partial charge in [-0.3, -0.25) is 14.4 Å². The Morgan fingerprint density at radius 2 is 1.63 bits per heavy atom. The summed E-state index contributed by atoms with van der Waals surface area (Å²) in [5.41, 5.74) is -6.54. The molecule has 1 saturated heterocycles. The van der Waals surface area contributed by atoms with Crippen LogP contribution in [0.2, 0.25) is 0 Å². The lowest BCUT2D eigenvalue weighted by atomic mass is 9.38. The van der Waals surface area contributed by atoms with Crippen LogP contribution in [-0.2, 0) is 42.9 Å². The Morgan fingerprint density at radius 1 is 1.00 bits per heavy atom. The zero-order valence-electron chi connectivity index (χ0n) is 23.9. The number of methoxy groups -OCH3 is 2. The van der Waals surface area contributed by atoms with Crippen molar-refractivity contribution in [3.05, 3.63) is 11.6 Å². The van der Waals surface area contributed by atoms with Crippen LogP contribution in [-0.4, -0.2) is 61.5 Å². The fourth-order valence-corrected chi connectivity index (χ4v) is 8.83. The normalized spacial score (nSPS) is 45.0. The number of allylic oxidation sites excluding steroid dienone is 1. The Balaban J connectivity index is 1.99. The van der Waals surface area contributed by atoms with Gasteiger partial charge in [-0.05, 0) is 52.4 Å². The van der Waals surface area contributed by atoms with Crippen molar-refractivity contribution in [2.75, 3.05) is 14.2 Å². The molecular formula is C29H40O9. The lowest BCUT2D eigenvalue weighted by Gasteiger charge is -2.64. The zero-order valence-corrected chi connectivity index (χ0v) is 23.9. The highest BCUT2D eigenvalue weighted by Gasteiger charge is 2.78. The molecule has 0 aromatic heterocycles. The average Bonchev–Trinajstić information content (AvgIpc) is 3.00. The van der Waals surface area contributed by atoms with E-state index in [1.165, 1.54) is 28.1 Å². The van der Waals surface area contributed by atoms with Crippen LogP contribution in [0.25, 0.3) is 0 Å². The molecule has 4 aliphatic rings. The number of esters is 3. The Hall–Kier alpha value is -2.55. The molecule has 0 radical (unpaired) electrons. The van der Waals surface area contributed by atoms with E-state index in [-0.39, 0.29) is 18.0 Å². The molecule has 0 N–H and O–H groups in total. The fourth-order valence-electron chi connectivity index (χ4n) is 8.83. The van der Waals surface area contributed by atoms with Crippen LogP contribution in [0.3, 0.4) is 0 Å². The van der Waals surface area contributed by atoms with Gasteiger partial charge in [0.1, 0.15) is 12.4 Å². The maximum absolute atomic E-state index is 14.1. The molecule has 3 aliphatic carbocycles. The molecule has 0 spiro atoms. The number of hydrogen-bond donors (Lipinski definition) is 0. The van der Waals surface area contributed by atoms with Crippen LogP contribution < -0.4 is 0 Å². The summed E-state index contributed by atoms with van der Waals surface area (Å²) in [6, 6.07) is 0. The van der Waals surface area contributed by atoms with E-state index in [4.69, 9.17) is 18.9 Å². The number of hydrogen-bond acceptors (Lipinski definition) is 9. The molecule has 0 aromatic rings. The summed E-state index contributed by atoms with van der Waals surface area (Å²) < 4.78 is 22.3. The Kier molecular flexibility index (Phi) is 6.35. The number of ketones is 1. The van der Waals surface area contributed by atoms with Gasteiger partial charge in [0, 0.05) is 17.8 Å². The largest absolute Gasteiger partial charge is 0.469 e. The van der Waals surface area contributed by atoms with Crippen LogP contribution in [0, 0.1) is 33.5 Å². The smallest absolute Gasteiger partial charge is 0.345 e. The van der Waals surface area contributed by atoms with Crippen molar-refractivity contribution < 1.29 is 42.9 Å². The number of ether oxygens (including phenoxy) is 4. The first kappa shape index (κ1) is 28.5. The zero-order chi connectivity index (χ0) is 28.7. The summed E-state index contributed by atoms with van der Waals surface area (Å²) in [6.45, 7) is 12.1. The maximum atomic E-state index is 14.1. The van der Waals surface area contributed by atoms with Crippen LogP contribution in [0.4, 0.5) is 0 Å². The second-order valence-corrected chi connectivity index (χ2v) is 12.9. The van der Waals surface area contributed by atoms with Gasteiger partial charge in [0.25, 0.3) is 0 Å². The van der Waals surface area contributed by atoms with Crippen molar-refractivity contribution in [3.8, 4) is 0 Å². The second-order valence-electron chi connectivity index (χ2n) is 12.9. The topological polar surface area (TPSA) is 122 Å². The minimum atomic E-state index is -1.94. The summed E-state index contributed by atoms with van der Waals surface area (Å²) in [5.74, 6) is -3.57. The Morgan fingerprint density at radius 3 is 2.16 bits per heavy atom. The van der Waals surface area contributed by atoms with Gasteiger partial charge in [-0.2, -0.15) is 0 Å². The van der Waals surface area contributed by atoms with E-state index in [2.05, 4.69) is 0 Å². The van der Waals surface area contributed by atoms with Crippen LogP contribution >= 0.6 is 0 Å². The molecule has 0 unspecified atom stereocenters. The van der Waals surface area contributed by atoms with E-state index in [1.54, 1.807) is 13.8 Å². The summed E-state index contributed by atoms with van der Waals surface area (Å²) in [5, 5.41) is 0. The van der Waals surface area contributed by atoms with E-state index in [0.717, 1.165) is 11.9 Å². The predicted molar refractivity (Wildman–Crippen MR) is 135 cm³/mol. The molecule has 4 rings (SSSR count). The third-order valence-electron chi connectivity index (χ3n) is 10.8. The average molecular weight is 533 g/mol. The summed E-state index contributed by atoms with van der Waals surface area (Å²) in [6.07, 6.45) is 4.38. The van der Waals surface area contributed by atoms with Gasteiger partial charge < -0.3 is 23.7 Å². The van der Waals surface area contributed by atoms with E-state index in [0.29, 0.717) is 25.7 Å². The molecular weight excluding hydrogens is 492 g/mol. The van der Waals surface area contributed by atoms with E-state index >= 15 is 0 Å². The van der Waals surface area contributed by atoms with Gasteiger partial charge in [0.05, 0.1) is 36.6 Å². The van der Waals surface area contributed by atoms with Crippen LogP contribution in [0.5, 0.6) is 0 Å². The summed E-state index contributed by atoms with van der Waals surface area (Å²) >= 11 is 0. The molecule has 2 saturated carbocycles. The minimum absolute atomic E-state index is 0.194. The third-order valence-corrected chi connectivity index (χ3v) is 10.8. The van der Waals surface area contributed by atoms with Crippen molar-refractivity contribution in [1.82, 2.24) is 0 Å². The van der Waals surface area contributed by atoms with Gasteiger partial charge in [-0.15, -0.1) is 0 Å². The minimum Gasteiger partial charge on any atom is -0.469 e. The number of aldehydes is 1. The first-order valence-electron chi connectivity index (χ1n) is 13.2. The number of rotatable bonds is 4. The van der Waals surface area contributed by atoms with E-state index < -0.39 is 56.5 Å². The molecule has 0 amide bonds. The van der Waals surface area contributed by atoms with Crippen LogP contribution in [0.15, 0.2) is 11.6 Å². The first-order chi connectivity index (χ1) is 17.5. The first-order valence-corrected chi connectivity index (χ1v) is 13.2. The lowest BCUT2D eigenvalue weighted by Crippen LogP contribution is -2.66. The molecule has 1 heterocycles. The monoisotopic (exact) mass is 532 g/mol. The van der Waals surface area contributed by atoms with Gasteiger partial charge >= 0.3 is 17.9 Å². The molecule has 9 nitrogen and oxygen atoms in total. The molecule has 3 fully saturated rings. The standard InChI is InChI=1S/C29H40O9/c1-16(31)37-19-11-13-29(15-30)17(24(19,2)3)10-12-25(4)18(29)14-26(5)27(6,20(25)21(32)35-8)22(33)28(7,38-26)23(34)36-9/h14-15,17,19-20H,10-13H2,1-9H3/t17-,19-,20+,25+,26-,27+,28-,29+/m0/s1. The molecule has 210 valence electrons. The van der Waals surface area contributed by atoms with Crippen LogP contribution in [0.1, 0.15) is 74.1 Å². The summed E-state index contributed by atoms with van der Waals surface area (Å²) in [4.78, 5) is 65.8. The molecule has 9 heteroatoms. The van der Waals surface area contributed by atoms with Crippen molar-refractivity contribution in [2.24, 2.45) is 33.5 Å². The second kappa shape index (κ2) is 8.47. The van der Waals surface area contributed by atoms with Gasteiger partial charge in [0.2, 0.25) is 5.60 Å². The molecule has 38 heavy (non-hydrogen) atoms. The Bertz CT molecular complexity index is 1140. The molecule has 1 aliphatic heterocycles. The number of carbonyl (C=O) groups is 5. The van der Waals surface area contributed by atoms with Crippen molar-refractivity contribution in [1.29, 1.82) is 0 Å². The summed E-state index contributed by atoms with van der Waals surface area (Å²) in [7, 11) is 2.46. The number of fused-ring (bicyclic) bond motifs is 4. The van der Waals surface area contributed by atoms with Gasteiger partial charge in [-0.1, -0.05) is 32.4 Å². The fraction of sp³-hybridized carbons (Fsp3) is 0.759. The maximum Gasteiger partial charge on any atom is 0.345 e. The Labute approximate surface area is 224 Å². The van der Waals surface area contributed by atoms with Crippen molar-refractivity contribution in [3.63, 3.8) is 0 Å². The number of Topliss-reactive ketones (excluding diaryl/α,β-unsaturated/α-hetero) is 1. The molecule has 8 atom stereocenters. The molecule has 0 bridgehead atoms. The van der Waals surface area contributed by atoms with Crippen molar-refractivity contribution >= 4 is 30.0 Å². The van der Waals surface area contributed by atoms with E-state index in [1.807, 2.05) is 26.8 Å². The third kappa shape index (κ3) is 3.23. The SMILES string of the molecule is COC(=O)[C@H]1[C@]2(C)C(=O)[C@@](C)(C(=O)OC)O[C@@]2(C)C=C2[C@@]1(C)CC[C@H]1C(C)(C)[C@@H](OC(C)=O)CC[C@]21C=O. The highest BCUT2D eigenvalue weighted by molar-refractivity contribution is 6.13. The predicted octanol–water partition coefficient (Wildman–Crippen LogP) is 3.36. The van der Waals surface area contributed by atoms with E-state index in [9.17, 15) is 24.0 Å². The highest BCUT2D eigenvalue weighted by Crippen LogP contribution is 2.72. The number of carbonyl (C=O) groups excluding carboxylic acids is 5. The van der Waals surface area contributed by atoms with Gasteiger partial charge in [0.15, 0.2) is 5.78 Å². The lowest BCUT2D eigenvalue weighted by molar-refractivity contribution is -0.188. The van der Waals surface area contributed by atoms with Crippen molar-refractivity contribution in [2.45, 2.75) is 91.5 Å². The van der Waals surface area contributed by atoms with Gasteiger partial charge in [-0.25, -0.2) is 4.79 Å². The molecule has 0 aromatic carbocycles. The highest BCUT2D eigenvalue weighted by atomic mass is 16.6. The quantitative estimate of drug-likeness (QED) is 0.176.